The number of aromatic nitrogens is 1. The molecule has 34 heavy (non-hydrogen) atoms. The number of anilines is 1. The average molecular weight is 500 g/mol. The van der Waals surface area contributed by atoms with E-state index >= 15 is 0 Å². The highest BCUT2D eigenvalue weighted by molar-refractivity contribution is 7.12. The van der Waals surface area contributed by atoms with E-state index in [-0.39, 0.29) is 23.1 Å². The maximum absolute atomic E-state index is 13.1. The maximum Gasteiger partial charge on any atom is 0.490 e. The molecule has 2 aliphatic rings. The van der Waals surface area contributed by atoms with Crippen molar-refractivity contribution in [2.75, 3.05) is 31.6 Å². The minimum absolute atomic E-state index is 0.0324. The van der Waals surface area contributed by atoms with Gasteiger partial charge in [-0.2, -0.15) is 13.2 Å². The Morgan fingerprint density at radius 1 is 1.26 bits per heavy atom. The molecule has 2 aromatic heterocycles. The van der Waals surface area contributed by atoms with Crippen LogP contribution in [0.1, 0.15) is 28.1 Å². The van der Waals surface area contributed by atoms with Crippen molar-refractivity contribution in [2.24, 2.45) is 11.3 Å². The summed E-state index contributed by atoms with van der Waals surface area (Å²) in [5.41, 5.74) is 1.46. The lowest BCUT2D eigenvalue weighted by Gasteiger charge is -2.37. The number of carbonyl (C=O) groups is 3. The number of rotatable bonds is 3. The minimum Gasteiger partial charge on any atom is -0.475 e. The number of carboxylic acid groups (broad SMARTS) is 1. The van der Waals surface area contributed by atoms with Gasteiger partial charge in [-0.1, -0.05) is 0 Å². The number of aryl methyl sites for hydroxylation is 1. The first-order valence-corrected chi connectivity index (χ1v) is 11.3. The van der Waals surface area contributed by atoms with Gasteiger partial charge in [0.2, 0.25) is 5.91 Å². The number of hydrogen-bond acceptors (Lipinski definition) is 6. The molecule has 0 aromatic carbocycles. The van der Waals surface area contributed by atoms with Gasteiger partial charge in [0, 0.05) is 37.9 Å². The highest BCUT2D eigenvalue weighted by Crippen LogP contribution is 2.45. The first-order chi connectivity index (χ1) is 16.0. The number of halogens is 3. The number of ether oxygens (including phenoxy) is 1. The molecular formula is C22H24F3N3O5S. The number of amides is 2. The van der Waals surface area contributed by atoms with Gasteiger partial charge >= 0.3 is 12.1 Å². The zero-order chi connectivity index (χ0) is 24.9. The Morgan fingerprint density at radius 2 is 1.94 bits per heavy atom. The number of thiophene rings is 1. The van der Waals surface area contributed by atoms with Crippen LogP contribution >= 0.6 is 11.3 Å². The van der Waals surface area contributed by atoms with Crippen molar-refractivity contribution < 1.29 is 37.4 Å². The molecule has 184 valence electrons. The summed E-state index contributed by atoms with van der Waals surface area (Å²) in [5, 5.41) is 12.0. The van der Waals surface area contributed by atoms with E-state index in [1.54, 1.807) is 18.5 Å². The first kappa shape index (κ1) is 25.6. The lowest BCUT2D eigenvalue weighted by Crippen LogP contribution is -2.42. The molecule has 1 unspecified atom stereocenters. The van der Waals surface area contributed by atoms with Crippen molar-refractivity contribution in [3.63, 3.8) is 0 Å². The Bertz CT molecular complexity index is 1020. The zero-order valence-corrected chi connectivity index (χ0v) is 19.1. The second-order valence-corrected chi connectivity index (χ2v) is 9.10. The Balaban J connectivity index is 0.000000406. The highest BCUT2D eigenvalue weighted by Gasteiger charge is 2.52. The maximum atomic E-state index is 13.1. The topological polar surface area (TPSA) is 109 Å². The summed E-state index contributed by atoms with van der Waals surface area (Å²) >= 11 is 1.47. The Labute approximate surface area is 197 Å². The van der Waals surface area contributed by atoms with Crippen LogP contribution in [0.4, 0.5) is 18.9 Å². The van der Waals surface area contributed by atoms with E-state index < -0.39 is 12.1 Å². The largest absolute Gasteiger partial charge is 0.490 e. The molecule has 4 rings (SSSR count). The molecule has 4 heterocycles. The predicted molar refractivity (Wildman–Crippen MR) is 117 cm³/mol. The van der Waals surface area contributed by atoms with Gasteiger partial charge in [-0.05, 0) is 48.9 Å². The van der Waals surface area contributed by atoms with Gasteiger partial charge in [-0.15, -0.1) is 11.3 Å². The lowest BCUT2D eigenvalue weighted by atomic mass is 9.71. The molecular weight excluding hydrogens is 475 g/mol. The quantitative estimate of drug-likeness (QED) is 0.668. The van der Waals surface area contributed by atoms with Gasteiger partial charge in [0.05, 0.1) is 22.7 Å². The van der Waals surface area contributed by atoms with Crippen molar-refractivity contribution in [1.29, 1.82) is 0 Å². The number of nitrogens with one attached hydrogen (secondary N) is 1. The van der Waals surface area contributed by atoms with Gasteiger partial charge in [0.1, 0.15) is 0 Å². The smallest absolute Gasteiger partial charge is 0.475 e. The van der Waals surface area contributed by atoms with Crippen molar-refractivity contribution >= 4 is 34.8 Å². The summed E-state index contributed by atoms with van der Waals surface area (Å²) in [7, 11) is 0. The molecule has 0 aliphatic carbocycles. The number of pyridine rings is 1. The van der Waals surface area contributed by atoms with Crippen LogP contribution in [-0.4, -0.2) is 65.3 Å². The van der Waals surface area contributed by atoms with Gasteiger partial charge in [0.25, 0.3) is 5.91 Å². The molecule has 2 aliphatic heterocycles. The van der Waals surface area contributed by atoms with Crippen LogP contribution in [0.25, 0.3) is 0 Å². The molecule has 2 saturated heterocycles. The van der Waals surface area contributed by atoms with E-state index in [1.165, 1.54) is 11.3 Å². The number of aliphatic carboxylic acids is 1. The van der Waals surface area contributed by atoms with Crippen molar-refractivity contribution in [1.82, 2.24) is 9.88 Å². The minimum atomic E-state index is -5.08. The van der Waals surface area contributed by atoms with E-state index in [4.69, 9.17) is 14.6 Å². The fourth-order valence-corrected chi connectivity index (χ4v) is 5.06. The van der Waals surface area contributed by atoms with Gasteiger partial charge in [-0.25, -0.2) is 4.79 Å². The summed E-state index contributed by atoms with van der Waals surface area (Å²) < 4.78 is 37.3. The highest BCUT2D eigenvalue weighted by atomic mass is 32.1. The summed E-state index contributed by atoms with van der Waals surface area (Å²) in [6, 6.07) is 5.59. The Morgan fingerprint density at radius 3 is 2.47 bits per heavy atom. The van der Waals surface area contributed by atoms with Crippen molar-refractivity contribution in [2.45, 2.75) is 25.9 Å². The van der Waals surface area contributed by atoms with Gasteiger partial charge < -0.3 is 20.1 Å². The molecule has 0 bridgehead atoms. The number of likely N-dealkylation sites (tertiary alicyclic amines) is 1. The standard InChI is InChI=1S/C20H23N3O3S.C2HF3O2/c1-14-4-10-27-17(14)19(25)23-12-16(20(13-23)5-8-26-9-6-20)18(24)22-15-3-2-7-21-11-15;3-2(4,5)1(6)7/h2-4,7,10-11,16H,5-6,8-9,12-13H2,1H3,(H,22,24);(H,6,7). The normalized spacial score (nSPS) is 19.3. The fraction of sp³-hybridized carbons (Fsp3) is 0.455. The zero-order valence-electron chi connectivity index (χ0n) is 18.3. The summed E-state index contributed by atoms with van der Waals surface area (Å²) in [6.45, 7) is 4.28. The molecule has 2 aromatic rings. The van der Waals surface area contributed by atoms with E-state index in [9.17, 15) is 22.8 Å². The van der Waals surface area contributed by atoms with Gasteiger partial charge in [0.15, 0.2) is 0 Å². The monoisotopic (exact) mass is 499 g/mol. The second-order valence-electron chi connectivity index (χ2n) is 8.18. The third-order valence-electron chi connectivity index (χ3n) is 5.97. The Kier molecular flexibility index (Phi) is 7.93. The predicted octanol–water partition coefficient (Wildman–Crippen LogP) is 3.59. The fourth-order valence-electron chi connectivity index (χ4n) is 4.17. The molecule has 1 spiro atoms. The van der Waals surface area contributed by atoms with Crippen LogP contribution in [0.5, 0.6) is 0 Å². The number of hydrogen-bond donors (Lipinski definition) is 2. The van der Waals surface area contributed by atoms with E-state index in [0.29, 0.717) is 32.0 Å². The van der Waals surface area contributed by atoms with Crippen molar-refractivity contribution in [3.8, 4) is 0 Å². The second kappa shape index (κ2) is 10.5. The molecule has 0 radical (unpaired) electrons. The number of carbonyl (C=O) groups excluding carboxylic acids is 2. The molecule has 2 amide bonds. The molecule has 1 atom stereocenters. The van der Waals surface area contributed by atoms with Crippen LogP contribution in [0, 0.1) is 18.3 Å². The van der Waals surface area contributed by atoms with Crippen LogP contribution in [0.15, 0.2) is 36.0 Å². The average Bonchev–Trinajstić information content (AvgIpc) is 3.38. The van der Waals surface area contributed by atoms with Crippen LogP contribution in [0.3, 0.4) is 0 Å². The summed E-state index contributed by atoms with van der Waals surface area (Å²) in [6.07, 6.45) is -0.174. The molecule has 2 N–H and O–H groups in total. The molecule has 8 nitrogen and oxygen atoms in total. The molecule has 0 saturated carbocycles. The number of alkyl halides is 3. The third kappa shape index (κ3) is 5.92. The van der Waals surface area contributed by atoms with Crippen LogP contribution < -0.4 is 5.32 Å². The van der Waals surface area contributed by atoms with E-state index in [2.05, 4.69) is 10.3 Å². The van der Waals surface area contributed by atoms with Crippen LogP contribution in [-0.2, 0) is 14.3 Å². The summed E-state index contributed by atoms with van der Waals surface area (Å²) in [5.74, 6) is -3.01. The molecule has 2 fully saturated rings. The first-order valence-electron chi connectivity index (χ1n) is 10.5. The number of carboxylic acids is 1. The Hall–Kier alpha value is -2.99. The third-order valence-corrected chi connectivity index (χ3v) is 6.97. The van der Waals surface area contributed by atoms with E-state index in [0.717, 1.165) is 23.3 Å². The lowest BCUT2D eigenvalue weighted by molar-refractivity contribution is -0.192. The van der Waals surface area contributed by atoms with Gasteiger partial charge in [-0.3, -0.25) is 14.6 Å². The van der Waals surface area contributed by atoms with Crippen LogP contribution in [0.2, 0.25) is 0 Å². The SMILES string of the molecule is Cc1ccsc1C(=O)N1CC(C(=O)Nc2cccnc2)C2(CCOCC2)C1.O=C(O)C(F)(F)F. The summed E-state index contributed by atoms with van der Waals surface area (Å²) in [4.78, 5) is 41.7. The van der Waals surface area contributed by atoms with E-state index in [1.807, 2.05) is 29.3 Å². The number of nitrogens with zero attached hydrogens (tertiary/aromatic N) is 2. The molecule has 12 heteroatoms. The van der Waals surface area contributed by atoms with Crippen molar-refractivity contribution in [3.05, 3.63) is 46.4 Å².